The summed E-state index contributed by atoms with van der Waals surface area (Å²) in [5.74, 6) is 0. The lowest BCUT2D eigenvalue weighted by atomic mass is 10.0. The van der Waals surface area contributed by atoms with E-state index >= 15 is 0 Å². The molecule has 5 heteroatoms. The molecule has 0 bridgehead atoms. The van der Waals surface area contributed by atoms with Gasteiger partial charge >= 0.3 is 0 Å². The molecule has 0 amide bonds. The summed E-state index contributed by atoms with van der Waals surface area (Å²) in [7, 11) is 3.12. The summed E-state index contributed by atoms with van der Waals surface area (Å²) in [6.45, 7) is 0.731. The molecular weight excluding hydrogens is 248 g/mol. The van der Waals surface area contributed by atoms with E-state index in [0.717, 1.165) is 5.56 Å². The molecule has 0 aliphatic carbocycles. The first kappa shape index (κ1) is 14.4. The van der Waals surface area contributed by atoms with Crippen molar-refractivity contribution in [3.05, 3.63) is 35.9 Å². The largest absolute Gasteiger partial charge is 0.376 e. The minimum Gasteiger partial charge on any atom is -0.376 e. The molecule has 5 nitrogen and oxygen atoms in total. The molecule has 1 aromatic rings. The zero-order chi connectivity index (χ0) is 13.7. The van der Waals surface area contributed by atoms with Gasteiger partial charge in [0.15, 0.2) is 6.29 Å². The van der Waals surface area contributed by atoms with Gasteiger partial charge in [0.2, 0.25) is 0 Å². The molecule has 0 saturated carbocycles. The number of ether oxygens (including phenoxy) is 4. The van der Waals surface area contributed by atoms with Crippen LogP contribution in [-0.2, 0) is 25.6 Å². The fourth-order valence-electron chi connectivity index (χ4n) is 2.18. The van der Waals surface area contributed by atoms with Gasteiger partial charge in [0.25, 0.3) is 0 Å². The van der Waals surface area contributed by atoms with E-state index in [1.807, 2.05) is 30.3 Å². The minimum absolute atomic E-state index is 0.253. The Morgan fingerprint density at radius 3 is 2.53 bits per heavy atom. The predicted molar refractivity (Wildman–Crippen MR) is 68.6 cm³/mol. The molecule has 1 heterocycles. The van der Waals surface area contributed by atoms with Crippen LogP contribution in [0, 0.1) is 0 Å². The third-order valence-electron chi connectivity index (χ3n) is 3.26. The Morgan fingerprint density at radius 2 is 1.89 bits per heavy atom. The normalized spacial score (nSPS) is 31.3. The average Bonchev–Trinajstić information content (AvgIpc) is 2.46. The highest BCUT2D eigenvalue weighted by Gasteiger charge is 2.41. The second kappa shape index (κ2) is 6.98. The van der Waals surface area contributed by atoms with Crippen molar-refractivity contribution in [1.82, 2.24) is 0 Å². The number of aliphatic hydroxyl groups is 1. The third-order valence-corrected chi connectivity index (χ3v) is 3.26. The van der Waals surface area contributed by atoms with Crippen molar-refractivity contribution in [2.75, 3.05) is 20.8 Å². The SMILES string of the molecule is CO[C@H]1[C@@H](OCc2ccccc2)[C@@H](OC)CO[C@H]1O. The Hall–Kier alpha value is -0.980. The standard InChI is InChI=1S/C14H20O5/c1-16-11-9-19-14(15)13(17-2)12(11)18-8-10-6-4-3-5-7-10/h3-7,11-15H,8-9H2,1-2H3/t11-,12-,13-,14+/m0/s1. The molecule has 0 aromatic heterocycles. The highest BCUT2D eigenvalue weighted by Crippen LogP contribution is 2.22. The number of rotatable bonds is 5. The Bertz CT molecular complexity index is 369. The monoisotopic (exact) mass is 268 g/mol. The van der Waals surface area contributed by atoms with Crippen molar-refractivity contribution >= 4 is 0 Å². The average molecular weight is 268 g/mol. The van der Waals surface area contributed by atoms with Gasteiger partial charge < -0.3 is 24.1 Å². The van der Waals surface area contributed by atoms with Gasteiger partial charge in [0.05, 0.1) is 13.2 Å². The van der Waals surface area contributed by atoms with Crippen LogP contribution in [0.25, 0.3) is 0 Å². The first-order chi connectivity index (χ1) is 9.26. The number of hydrogen-bond acceptors (Lipinski definition) is 5. The van der Waals surface area contributed by atoms with Gasteiger partial charge in [0.1, 0.15) is 18.3 Å². The second-order valence-corrected chi connectivity index (χ2v) is 4.46. The van der Waals surface area contributed by atoms with Crippen molar-refractivity contribution in [3.63, 3.8) is 0 Å². The summed E-state index contributed by atoms with van der Waals surface area (Å²) >= 11 is 0. The number of hydrogen-bond donors (Lipinski definition) is 1. The molecule has 0 unspecified atom stereocenters. The van der Waals surface area contributed by atoms with Crippen LogP contribution in [0.15, 0.2) is 30.3 Å². The van der Waals surface area contributed by atoms with Crippen molar-refractivity contribution < 1.29 is 24.1 Å². The summed E-state index contributed by atoms with van der Waals surface area (Å²) in [6, 6.07) is 9.84. The van der Waals surface area contributed by atoms with E-state index in [1.54, 1.807) is 7.11 Å². The van der Waals surface area contributed by atoms with Gasteiger partial charge in [0, 0.05) is 14.2 Å². The van der Waals surface area contributed by atoms with Crippen LogP contribution in [0.4, 0.5) is 0 Å². The third kappa shape index (κ3) is 3.52. The van der Waals surface area contributed by atoms with Crippen LogP contribution in [0.1, 0.15) is 5.56 Å². The van der Waals surface area contributed by atoms with Crippen LogP contribution in [0.2, 0.25) is 0 Å². The molecule has 0 radical (unpaired) electrons. The summed E-state index contributed by atoms with van der Waals surface area (Å²) < 4.78 is 21.6. The van der Waals surface area contributed by atoms with Crippen molar-refractivity contribution in [2.24, 2.45) is 0 Å². The van der Waals surface area contributed by atoms with Gasteiger partial charge in [-0.25, -0.2) is 0 Å². The first-order valence-corrected chi connectivity index (χ1v) is 6.27. The molecule has 4 atom stereocenters. The lowest BCUT2D eigenvalue weighted by molar-refractivity contribution is -0.274. The van der Waals surface area contributed by atoms with Gasteiger partial charge in [-0.15, -0.1) is 0 Å². The fourth-order valence-corrected chi connectivity index (χ4v) is 2.18. The quantitative estimate of drug-likeness (QED) is 0.861. The van der Waals surface area contributed by atoms with Crippen molar-refractivity contribution in [1.29, 1.82) is 0 Å². The minimum atomic E-state index is -0.989. The zero-order valence-corrected chi connectivity index (χ0v) is 11.2. The van der Waals surface area contributed by atoms with Gasteiger partial charge in [-0.05, 0) is 5.56 Å². The van der Waals surface area contributed by atoms with Crippen molar-refractivity contribution in [3.8, 4) is 0 Å². The summed E-state index contributed by atoms with van der Waals surface area (Å²) in [5, 5.41) is 9.77. The molecule has 1 saturated heterocycles. The van der Waals surface area contributed by atoms with E-state index < -0.39 is 12.4 Å². The zero-order valence-electron chi connectivity index (χ0n) is 11.2. The van der Waals surface area contributed by atoms with E-state index in [1.165, 1.54) is 7.11 Å². The maximum absolute atomic E-state index is 9.77. The fraction of sp³-hybridized carbons (Fsp3) is 0.571. The van der Waals surface area contributed by atoms with Gasteiger partial charge in [-0.3, -0.25) is 0 Å². The van der Waals surface area contributed by atoms with Gasteiger partial charge in [-0.1, -0.05) is 30.3 Å². The smallest absolute Gasteiger partial charge is 0.183 e. The van der Waals surface area contributed by atoms with Crippen LogP contribution in [0.5, 0.6) is 0 Å². The number of benzene rings is 1. The lowest BCUT2D eigenvalue weighted by Crippen LogP contribution is -2.55. The molecule has 1 N–H and O–H groups in total. The molecule has 106 valence electrons. The molecule has 0 spiro atoms. The number of aliphatic hydroxyl groups excluding tert-OH is 1. The first-order valence-electron chi connectivity index (χ1n) is 6.27. The lowest BCUT2D eigenvalue weighted by Gasteiger charge is -2.38. The number of methoxy groups -OCH3 is 2. The topological polar surface area (TPSA) is 57.2 Å². The molecule has 2 rings (SSSR count). The Kier molecular flexibility index (Phi) is 5.30. The Balaban J connectivity index is 2.01. The second-order valence-electron chi connectivity index (χ2n) is 4.46. The molecule has 1 aromatic carbocycles. The summed E-state index contributed by atoms with van der Waals surface area (Å²) in [6.07, 6.45) is -2.16. The molecule has 19 heavy (non-hydrogen) atoms. The van der Waals surface area contributed by atoms with Crippen LogP contribution < -0.4 is 0 Å². The van der Waals surface area contributed by atoms with Crippen LogP contribution >= 0.6 is 0 Å². The van der Waals surface area contributed by atoms with Crippen LogP contribution in [0.3, 0.4) is 0 Å². The highest BCUT2D eigenvalue weighted by atomic mass is 16.7. The molecular formula is C14H20O5. The van der Waals surface area contributed by atoms with Gasteiger partial charge in [-0.2, -0.15) is 0 Å². The maximum Gasteiger partial charge on any atom is 0.183 e. The Labute approximate surface area is 113 Å². The van der Waals surface area contributed by atoms with E-state index in [0.29, 0.717) is 6.61 Å². The van der Waals surface area contributed by atoms with E-state index in [4.69, 9.17) is 18.9 Å². The highest BCUT2D eigenvalue weighted by molar-refractivity contribution is 5.13. The molecule has 1 fully saturated rings. The summed E-state index contributed by atoms with van der Waals surface area (Å²) in [4.78, 5) is 0. The van der Waals surface area contributed by atoms with E-state index in [2.05, 4.69) is 0 Å². The molecule has 1 aliphatic rings. The maximum atomic E-state index is 9.77. The van der Waals surface area contributed by atoms with Crippen molar-refractivity contribution in [2.45, 2.75) is 31.2 Å². The van der Waals surface area contributed by atoms with E-state index in [-0.39, 0.29) is 18.8 Å². The molecule has 1 aliphatic heterocycles. The van der Waals surface area contributed by atoms with E-state index in [9.17, 15) is 5.11 Å². The Morgan fingerprint density at radius 1 is 1.16 bits per heavy atom. The predicted octanol–water partition coefficient (Wildman–Crippen LogP) is 0.950. The summed E-state index contributed by atoms with van der Waals surface area (Å²) in [5.41, 5.74) is 1.06. The van der Waals surface area contributed by atoms with Crippen LogP contribution in [-0.4, -0.2) is 50.5 Å².